The normalized spacial score (nSPS) is 15.8. The Bertz CT molecular complexity index is 688. The largest absolute Gasteiger partial charge is 0.311 e. The van der Waals surface area contributed by atoms with Gasteiger partial charge in [0.05, 0.1) is 5.69 Å². The summed E-state index contributed by atoms with van der Waals surface area (Å²) in [6.45, 7) is 0. The Morgan fingerprint density at radius 1 is 1.05 bits per heavy atom. The van der Waals surface area contributed by atoms with Crippen LogP contribution in [0.2, 0.25) is 0 Å². The minimum Gasteiger partial charge on any atom is -0.311 e. The Morgan fingerprint density at radius 3 is 2.45 bits per heavy atom. The van der Waals surface area contributed by atoms with Gasteiger partial charge in [0.15, 0.2) is 0 Å². The lowest BCUT2D eigenvalue weighted by Crippen LogP contribution is -2.20. The average Bonchev–Trinajstić information content (AvgIpc) is 2.74. The quantitative estimate of drug-likeness (QED) is 0.614. The van der Waals surface area contributed by atoms with Gasteiger partial charge in [-0.05, 0) is 36.1 Å². The lowest BCUT2D eigenvalue weighted by molar-refractivity contribution is -0.112. The molecular weight excluding hydrogens is 266 g/mol. The number of fused-ring (bicyclic) bond motifs is 1. The van der Waals surface area contributed by atoms with Crippen molar-refractivity contribution in [1.29, 1.82) is 0 Å². The van der Waals surface area contributed by atoms with Crippen molar-refractivity contribution in [2.45, 2.75) is 4.90 Å². The summed E-state index contributed by atoms with van der Waals surface area (Å²) < 4.78 is 0. The summed E-state index contributed by atoms with van der Waals surface area (Å²) in [6, 6.07) is 16.1. The number of hydrogen-bond donors (Lipinski definition) is 0. The van der Waals surface area contributed by atoms with Crippen molar-refractivity contribution in [3.05, 3.63) is 59.7 Å². The summed E-state index contributed by atoms with van der Waals surface area (Å²) in [7, 11) is 1.82. The minimum atomic E-state index is 0.0557. The standard InChI is InChI=1S/C17H15NOS/c1-18-16-6-4-3-5-14(16)15(17(18)19)11-12-7-9-13(20-2)10-8-12/h3-11H,1-2H3/b15-11-. The molecular formula is C17H15NOS. The lowest BCUT2D eigenvalue weighted by atomic mass is 10.0. The van der Waals surface area contributed by atoms with E-state index in [4.69, 9.17) is 0 Å². The zero-order chi connectivity index (χ0) is 14.1. The summed E-state index contributed by atoms with van der Waals surface area (Å²) in [4.78, 5) is 15.3. The number of benzene rings is 2. The molecule has 0 radical (unpaired) electrons. The van der Waals surface area contributed by atoms with Gasteiger partial charge in [-0.3, -0.25) is 4.79 Å². The van der Waals surface area contributed by atoms with Crippen molar-refractivity contribution >= 4 is 35.0 Å². The third kappa shape index (κ3) is 2.14. The highest BCUT2D eigenvalue weighted by atomic mass is 32.2. The second-order valence-corrected chi connectivity index (χ2v) is 5.59. The molecule has 3 heteroatoms. The second kappa shape index (κ2) is 5.17. The summed E-state index contributed by atoms with van der Waals surface area (Å²) in [5, 5.41) is 0. The molecule has 0 spiro atoms. The first-order chi connectivity index (χ1) is 9.70. The van der Waals surface area contributed by atoms with Crippen LogP contribution in [0.1, 0.15) is 11.1 Å². The third-order valence-electron chi connectivity index (χ3n) is 3.52. The first-order valence-corrected chi connectivity index (χ1v) is 7.66. The highest BCUT2D eigenvalue weighted by Crippen LogP contribution is 2.36. The van der Waals surface area contributed by atoms with Crippen LogP contribution in [-0.4, -0.2) is 19.2 Å². The van der Waals surface area contributed by atoms with E-state index in [1.165, 1.54) is 4.90 Å². The van der Waals surface area contributed by atoms with E-state index in [2.05, 4.69) is 18.4 Å². The van der Waals surface area contributed by atoms with Crippen LogP contribution in [0, 0.1) is 0 Å². The van der Waals surface area contributed by atoms with Crippen molar-refractivity contribution in [3.8, 4) is 0 Å². The van der Waals surface area contributed by atoms with Gasteiger partial charge >= 0.3 is 0 Å². The molecule has 0 bridgehead atoms. The fourth-order valence-corrected chi connectivity index (χ4v) is 2.81. The number of anilines is 1. The van der Waals surface area contributed by atoms with Crippen molar-refractivity contribution in [3.63, 3.8) is 0 Å². The Balaban J connectivity index is 2.04. The number of carbonyl (C=O) groups excluding carboxylic acids is 1. The van der Waals surface area contributed by atoms with Crippen LogP contribution >= 0.6 is 11.8 Å². The van der Waals surface area contributed by atoms with Gasteiger partial charge in [0.2, 0.25) is 0 Å². The van der Waals surface area contributed by atoms with Gasteiger partial charge in [0, 0.05) is 23.1 Å². The van der Waals surface area contributed by atoms with Crippen molar-refractivity contribution < 1.29 is 4.79 Å². The summed E-state index contributed by atoms with van der Waals surface area (Å²) in [5.74, 6) is 0.0557. The molecule has 0 saturated carbocycles. The van der Waals surface area contributed by atoms with Crippen molar-refractivity contribution in [1.82, 2.24) is 0 Å². The van der Waals surface area contributed by atoms with Crippen LogP contribution in [0.5, 0.6) is 0 Å². The van der Waals surface area contributed by atoms with Crippen LogP contribution in [0.4, 0.5) is 5.69 Å². The van der Waals surface area contributed by atoms with E-state index >= 15 is 0 Å². The minimum absolute atomic E-state index is 0.0557. The van der Waals surface area contributed by atoms with E-state index in [-0.39, 0.29) is 5.91 Å². The number of amides is 1. The molecule has 100 valence electrons. The zero-order valence-electron chi connectivity index (χ0n) is 11.5. The molecule has 1 aliphatic heterocycles. The highest BCUT2D eigenvalue weighted by Gasteiger charge is 2.28. The number of rotatable bonds is 2. The van der Waals surface area contributed by atoms with Gasteiger partial charge in [-0.15, -0.1) is 11.8 Å². The molecule has 0 fully saturated rings. The van der Waals surface area contributed by atoms with E-state index in [0.29, 0.717) is 0 Å². The molecule has 0 atom stereocenters. The Morgan fingerprint density at radius 2 is 1.75 bits per heavy atom. The molecule has 1 amide bonds. The monoisotopic (exact) mass is 281 g/mol. The molecule has 0 saturated heterocycles. The average molecular weight is 281 g/mol. The molecule has 0 aliphatic carbocycles. The third-order valence-corrected chi connectivity index (χ3v) is 4.26. The first kappa shape index (κ1) is 13.0. The zero-order valence-corrected chi connectivity index (χ0v) is 12.3. The molecule has 20 heavy (non-hydrogen) atoms. The second-order valence-electron chi connectivity index (χ2n) is 4.71. The molecule has 0 N–H and O–H groups in total. The van der Waals surface area contributed by atoms with Gasteiger partial charge in [-0.2, -0.15) is 0 Å². The van der Waals surface area contributed by atoms with E-state index in [0.717, 1.165) is 22.4 Å². The highest BCUT2D eigenvalue weighted by molar-refractivity contribution is 7.98. The maximum absolute atomic E-state index is 12.3. The fraction of sp³-hybridized carbons (Fsp3) is 0.118. The molecule has 2 aromatic carbocycles. The van der Waals surface area contributed by atoms with Gasteiger partial charge in [0.25, 0.3) is 5.91 Å². The molecule has 1 aliphatic rings. The molecule has 0 unspecified atom stereocenters. The summed E-state index contributed by atoms with van der Waals surface area (Å²) >= 11 is 1.71. The molecule has 0 aromatic heterocycles. The molecule has 1 heterocycles. The molecule has 2 aromatic rings. The van der Waals surface area contributed by atoms with Crippen LogP contribution in [-0.2, 0) is 4.79 Å². The van der Waals surface area contributed by atoms with Crippen LogP contribution in [0.15, 0.2) is 53.4 Å². The van der Waals surface area contributed by atoms with Gasteiger partial charge in [-0.25, -0.2) is 0 Å². The lowest BCUT2D eigenvalue weighted by Gasteiger charge is -2.07. The van der Waals surface area contributed by atoms with Gasteiger partial charge < -0.3 is 4.90 Å². The fourth-order valence-electron chi connectivity index (χ4n) is 2.41. The van der Waals surface area contributed by atoms with Gasteiger partial charge in [0.1, 0.15) is 0 Å². The number of nitrogens with zero attached hydrogens (tertiary/aromatic N) is 1. The Hall–Kier alpha value is -2.00. The van der Waals surface area contributed by atoms with E-state index in [9.17, 15) is 4.79 Å². The molecule has 2 nitrogen and oxygen atoms in total. The van der Waals surface area contributed by atoms with Gasteiger partial charge in [-0.1, -0.05) is 30.3 Å². The van der Waals surface area contributed by atoms with E-state index < -0.39 is 0 Å². The first-order valence-electron chi connectivity index (χ1n) is 6.44. The number of para-hydroxylation sites is 1. The Labute approximate surface area is 123 Å². The van der Waals surface area contributed by atoms with E-state index in [1.807, 2.05) is 49.5 Å². The van der Waals surface area contributed by atoms with Crippen molar-refractivity contribution in [2.75, 3.05) is 18.2 Å². The maximum atomic E-state index is 12.3. The number of carbonyl (C=O) groups is 1. The SMILES string of the molecule is CSc1ccc(/C=C2\C(=O)N(C)c3ccccc32)cc1. The summed E-state index contributed by atoms with van der Waals surface area (Å²) in [5.41, 5.74) is 3.80. The van der Waals surface area contributed by atoms with E-state index in [1.54, 1.807) is 16.7 Å². The molecule has 3 rings (SSSR count). The van der Waals surface area contributed by atoms with Crippen molar-refractivity contribution in [2.24, 2.45) is 0 Å². The maximum Gasteiger partial charge on any atom is 0.258 e. The topological polar surface area (TPSA) is 20.3 Å². The Kier molecular flexibility index (Phi) is 3.36. The summed E-state index contributed by atoms with van der Waals surface area (Å²) in [6.07, 6.45) is 4.02. The van der Waals surface area contributed by atoms with Crippen LogP contribution in [0.3, 0.4) is 0 Å². The number of hydrogen-bond acceptors (Lipinski definition) is 2. The van der Waals surface area contributed by atoms with Crippen LogP contribution < -0.4 is 4.90 Å². The number of thioether (sulfide) groups is 1. The predicted octanol–water partition coefficient (Wildman–Crippen LogP) is 3.93. The number of likely N-dealkylation sites (N-methyl/N-ethyl adjacent to an activating group) is 1. The smallest absolute Gasteiger partial charge is 0.258 e. The predicted molar refractivity (Wildman–Crippen MR) is 85.9 cm³/mol. The van der Waals surface area contributed by atoms with Crippen LogP contribution in [0.25, 0.3) is 11.6 Å².